The van der Waals surface area contributed by atoms with Gasteiger partial charge in [-0.05, 0) is 25.3 Å². The van der Waals surface area contributed by atoms with Crippen molar-refractivity contribution in [2.45, 2.75) is 31.4 Å². The van der Waals surface area contributed by atoms with Crippen LogP contribution >= 0.6 is 0 Å². The predicted octanol–water partition coefficient (Wildman–Crippen LogP) is -1.12. The van der Waals surface area contributed by atoms with E-state index in [1.165, 1.54) is 16.8 Å². The fourth-order valence-corrected chi connectivity index (χ4v) is 2.63. The van der Waals surface area contributed by atoms with Gasteiger partial charge in [0.15, 0.2) is 0 Å². The molecule has 7 heteroatoms. The summed E-state index contributed by atoms with van der Waals surface area (Å²) in [5.41, 5.74) is 4.24. The molecule has 2 atom stereocenters. The highest BCUT2D eigenvalue weighted by Gasteiger charge is 2.40. The van der Waals surface area contributed by atoms with E-state index in [0.717, 1.165) is 0 Å². The number of aliphatic hydroxyl groups is 3. The summed E-state index contributed by atoms with van der Waals surface area (Å²) >= 11 is 0. The minimum atomic E-state index is -0.700. The van der Waals surface area contributed by atoms with Crippen LogP contribution in [0.15, 0.2) is 17.1 Å². The van der Waals surface area contributed by atoms with Crippen molar-refractivity contribution in [3.8, 4) is 0 Å². The largest absolute Gasteiger partial charge is 0.396 e. The lowest BCUT2D eigenvalue weighted by atomic mass is 9.72. The van der Waals surface area contributed by atoms with E-state index in [9.17, 15) is 20.1 Å². The average molecular weight is 269 g/mol. The molecule has 1 aliphatic rings. The molecule has 106 valence electrons. The van der Waals surface area contributed by atoms with E-state index in [2.05, 4.69) is 4.98 Å². The topological polar surface area (TPSA) is 122 Å². The molecule has 19 heavy (non-hydrogen) atoms. The Morgan fingerprint density at radius 3 is 2.74 bits per heavy atom. The first-order valence-electron chi connectivity index (χ1n) is 6.26. The molecule has 1 heterocycles. The van der Waals surface area contributed by atoms with Gasteiger partial charge >= 0.3 is 5.69 Å². The van der Waals surface area contributed by atoms with Crippen molar-refractivity contribution in [2.24, 2.45) is 5.41 Å². The Hall–Kier alpha value is -1.44. The average Bonchev–Trinajstić information content (AvgIpc) is 2.41. The summed E-state index contributed by atoms with van der Waals surface area (Å²) in [6.07, 6.45) is 2.06. The highest BCUT2D eigenvalue weighted by molar-refractivity contribution is 5.23. The van der Waals surface area contributed by atoms with Crippen LogP contribution in [0, 0.1) is 5.41 Å². The molecule has 0 radical (unpaired) electrons. The minimum Gasteiger partial charge on any atom is -0.396 e. The van der Waals surface area contributed by atoms with Crippen molar-refractivity contribution in [3.63, 3.8) is 0 Å². The zero-order valence-electron chi connectivity index (χ0n) is 10.6. The van der Waals surface area contributed by atoms with Gasteiger partial charge in [-0.3, -0.25) is 4.57 Å². The Balaban J connectivity index is 2.33. The van der Waals surface area contributed by atoms with Gasteiger partial charge in [-0.1, -0.05) is 0 Å². The maximum absolute atomic E-state index is 11.8. The van der Waals surface area contributed by atoms with Gasteiger partial charge < -0.3 is 21.1 Å². The standard InChI is InChI=1S/C12H19N3O4/c13-10-2-4-15(11(19)14-10)8-5-12(6-16,7-17)3-1-9(8)18/h2,4,8-9,16-18H,1,3,5-7H2,(H2,13,14,19)/t8-,9-/m1/s1. The smallest absolute Gasteiger partial charge is 0.349 e. The zero-order valence-corrected chi connectivity index (χ0v) is 10.6. The molecule has 0 aliphatic heterocycles. The number of hydrogen-bond donors (Lipinski definition) is 4. The van der Waals surface area contributed by atoms with Crippen molar-refractivity contribution in [2.75, 3.05) is 18.9 Å². The molecule has 1 aromatic rings. The number of aromatic nitrogens is 2. The SMILES string of the molecule is Nc1ccn([C@@H]2CC(CO)(CO)CC[C@H]2O)c(=O)n1. The number of rotatable bonds is 3. The monoisotopic (exact) mass is 269 g/mol. The van der Waals surface area contributed by atoms with Crippen LogP contribution in [0.2, 0.25) is 0 Å². The Labute approximate surface area is 110 Å². The van der Waals surface area contributed by atoms with E-state index < -0.39 is 23.3 Å². The number of nitrogen functional groups attached to an aromatic ring is 1. The number of hydrogen-bond acceptors (Lipinski definition) is 6. The van der Waals surface area contributed by atoms with Crippen molar-refractivity contribution < 1.29 is 15.3 Å². The molecule has 5 N–H and O–H groups in total. The summed E-state index contributed by atoms with van der Waals surface area (Å²) in [5, 5.41) is 28.9. The predicted molar refractivity (Wildman–Crippen MR) is 68.4 cm³/mol. The molecule has 1 saturated carbocycles. The van der Waals surface area contributed by atoms with E-state index in [1.54, 1.807) is 0 Å². The molecule has 0 bridgehead atoms. The van der Waals surface area contributed by atoms with Gasteiger partial charge in [0.1, 0.15) is 5.82 Å². The summed E-state index contributed by atoms with van der Waals surface area (Å²) in [6, 6.07) is 0.983. The number of aliphatic hydroxyl groups excluding tert-OH is 3. The molecule has 0 aromatic carbocycles. The summed E-state index contributed by atoms with van der Waals surface area (Å²) in [7, 11) is 0. The first-order valence-corrected chi connectivity index (χ1v) is 6.26. The third-order valence-corrected chi connectivity index (χ3v) is 3.94. The Morgan fingerprint density at radius 2 is 2.16 bits per heavy atom. The molecule has 1 fully saturated rings. The lowest BCUT2D eigenvalue weighted by Crippen LogP contribution is -2.45. The van der Waals surface area contributed by atoms with Gasteiger partial charge in [-0.25, -0.2) is 4.79 Å². The Bertz CT molecular complexity index is 498. The van der Waals surface area contributed by atoms with Crippen LogP contribution < -0.4 is 11.4 Å². The van der Waals surface area contributed by atoms with Crippen LogP contribution in [0.5, 0.6) is 0 Å². The van der Waals surface area contributed by atoms with Gasteiger partial charge in [-0.15, -0.1) is 0 Å². The molecule has 0 saturated heterocycles. The Morgan fingerprint density at radius 1 is 1.47 bits per heavy atom. The Kier molecular flexibility index (Phi) is 3.88. The van der Waals surface area contributed by atoms with Crippen LogP contribution in [0.1, 0.15) is 25.3 Å². The van der Waals surface area contributed by atoms with E-state index in [0.29, 0.717) is 19.3 Å². The van der Waals surface area contributed by atoms with Gasteiger partial charge in [0.05, 0.1) is 25.4 Å². The molecular formula is C12H19N3O4. The highest BCUT2D eigenvalue weighted by Crippen LogP contribution is 2.40. The van der Waals surface area contributed by atoms with Gasteiger partial charge in [0, 0.05) is 11.6 Å². The van der Waals surface area contributed by atoms with E-state index in [4.69, 9.17) is 5.73 Å². The fraction of sp³-hybridized carbons (Fsp3) is 0.667. The molecule has 1 aliphatic carbocycles. The second-order valence-corrected chi connectivity index (χ2v) is 5.24. The molecular weight excluding hydrogens is 250 g/mol. The summed E-state index contributed by atoms with van der Waals surface area (Å²) < 4.78 is 1.32. The quantitative estimate of drug-likeness (QED) is 0.551. The molecule has 0 spiro atoms. The highest BCUT2D eigenvalue weighted by atomic mass is 16.3. The van der Waals surface area contributed by atoms with Crippen LogP contribution in [0.3, 0.4) is 0 Å². The first kappa shape index (κ1) is 14.0. The lowest BCUT2D eigenvalue weighted by molar-refractivity contribution is -0.0423. The molecule has 7 nitrogen and oxygen atoms in total. The van der Waals surface area contributed by atoms with E-state index in [-0.39, 0.29) is 19.0 Å². The van der Waals surface area contributed by atoms with Crippen molar-refractivity contribution >= 4 is 5.82 Å². The third kappa shape index (κ3) is 2.63. The van der Waals surface area contributed by atoms with Crippen LogP contribution in [0.4, 0.5) is 5.82 Å². The second kappa shape index (κ2) is 5.28. The molecule has 2 rings (SSSR count). The van der Waals surface area contributed by atoms with Gasteiger partial charge in [0.2, 0.25) is 0 Å². The molecule has 0 amide bonds. The van der Waals surface area contributed by atoms with Crippen molar-refractivity contribution in [1.82, 2.24) is 9.55 Å². The lowest BCUT2D eigenvalue weighted by Gasteiger charge is -2.41. The van der Waals surface area contributed by atoms with Crippen LogP contribution in [0.25, 0.3) is 0 Å². The van der Waals surface area contributed by atoms with Gasteiger partial charge in [-0.2, -0.15) is 4.98 Å². The number of nitrogens with zero attached hydrogens (tertiary/aromatic N) is 2. The third-order valence-electron chi connectivity index (χ3n) is 3.94. The van der Waals surface area contributed by atoms with E-state index >= 15 is 0 Å². The minimum absolute atomic E-state index is 0.127. The van der Waals surface area contributed by atoms with Gasteiger partial charge in [0.25, 0.3) is 0 Å². The van der Waals surface area contributed by atoms with E-state index in [1.807, 2.05) is 0 Å². The van der Waals surface area contributed by atoms with Crippen LogP contribution in [-0.4, -0.2) is 44.2 Å². The van der Waals surface area contributed by atoms with Crippen molar-refractivity contribution in [1.29, 1.82) is 0 Å². The van der Waals surface area contributed by atoms with Crippen LogP contribution in [-0.2, 0) is 0 Å². The van der Waals surface area contributed by atoms with Crippen molar-refractivity contribution in [3.05, 3.63) is 22.7 Å². The first-order chi connectivity index (χ1) is 9.01. The maximum Gasteiger partial charge on any atom is 0.349 e. The number of anilines is 1. The number of nitrogens with two attached hydrogens (primary N) is 1. The fourth-order valence-electron chi connectivity index (χ4n) is 2.63. The summed E-state index contributed by atoms with van der Waals surface area (Å²) in [5.74, 6) is 0.127. The summed E-state index contributed by atoms with van der Waals surface area (Å²) in [4.78, 5) is 15.4. The second-order valence-electron chi connectivity index (χ2n) is 5.24. The maximum atomic E-state index is 11.8. The normalized spacial score (nSPS) is 26.3. The zero-order chi connectivity index (χ0) is 14.0. The molecule has 0 unspecified atom stereocenters. The summed E-state index contributed by atoms with van der Waals surface area (Å²) in [6.45, 7) is -0.353. The molecule has 1 aromatic heterocycles.